The summed E-state index contributed by atoms with van der Waals surface area (Å²) in [5.74, 6) is 0.546. The second kappa shape index (κ2) is 7.72. The molecule has 0 radical (unpaired) electrons. The largest absolute Gasteiger partial charge is 0.370 e. The van der Waals surface area contributed by atoms with Crippen LogP contribution < -0.4 is 11.1 Å². The lowest BCUT2D eigenvalue weighted by Crippen LogP contribution is -2.38. The first-order valence-corrected chi connectivity index (χ1v) is 6.86. The Hall–Kier alpha value is -0.780. The minimum absolute atomic E-state index is 0. The number of aliphatic imine (C=N–C) groups is 1. The first kappa shape index (κ1) is 16.3. The third-order valence-electron chi connectivity index (χ3n) is 3.60. The number of nitrogens with one attached hydrogen (secondary N) is 1. The monoisotopic (exact) mass is 373 g/mol. The molecule has 0 aromatic heterocycles. The third-order valence-corrected chi connectivity index (χ3v) is 3.60. The van der Waals surface area contributed by atoms with E-state index in [0.29, 0.717) is 18.5 Å². The standard InChI is InChI=1S/C15H23N3.HI/c1-3-11(2)18-15(16)17-10-12-7-8-13-5-4-6-14(13)9-12;/h7-9,11H,3-6,10H2,1-2H3,(H3,16,17,18);1H. The smallest absolute Gasteiger partial charge is 0.189 e. The molecule has 106 valence electrons. The highest BCUT2D eigenvalue weighted by molar-refractivity contribution is 14.0. The molecule has 0 saturated carbocycles. The van der Waals surface area contributed by atoms with Gasteiger partial charge in [-0.25, -0.2) is 4.99 Å². The Morgan fingerprint density at radius 3 is 2.84 bits per heavy atom. The van der Waals surface area contributed by atoms with Crippen molar-refractivity contribution in [3.63, 3.8) is 0 Å². The molecule has 1 unspecified atom stereocenters. The average molecular weight is 373 g/mol. The number of halogens is 1. The summed E-state index contributed by atoms with van der Waals surface area (Å²) in [6.07, 6.45) is 4.79. The van der Waals surface area contributed by atoms with E-state index in [-0.39, 0.29) is 24.0 Å². The van der Waals surface area contributed by atoms with Crippen molar-refractivity contribution in [3.05, 3.63) is 34.9 Å². The van der Waals surface area contributed by atoms with E-state index in [1.54, 1.807) is 0 Å². The van der Waals surface area contributed by atoms with Crippen LogP contribution in [-0.4, -0.2) is 12.0 Å². The molecule has 0 fully saturated rings. The zero-order valence-electron chi connectivity index (χ0n) is 11.8. The van der Waals surface area contributed by atoms with Gasteiger partial charge in [0.05, 0.1) is 6.54 Å². The fourth-order valence-corrected chi connectivity index (χ4v) is 2.30. The topological polar surface area (TPSA) is 50.4 Å². The minimum Gasteiger partial charge on any atom is -0.370 e. The van der Waals surface area contributed by atoms with Crippen LogP contribution in [0, 0.1) is 0 Å². The van der Waals surface area contributed by atoms with Crippen molar-refractivity contribution in [1.82, 2.24) is 5.32 Å². The van der Waals surface area contributed by atoms with E-state index in [4.69, 9.17) is 5.73 Å². The first-order chi connectivity index (χ1) is 8.69. The van der Waals surface area contributed by atoms with Crippen molar-refractivity contribution in [2.45, 2.75) is 52.1 Å². The van der Waals surface area contributed by atoms with Crippen LogP contribution in [0.5, 0.6) is 0 Å². The lowest BCUT2D eigenvalue weighted by molar-refractivity contribution is 0.636. The Bertz CT molecular complexity index is 443. The number of hydrogen-bond donors (Lipinski definition) is 2. The number of benzene rings is 1. The van der Waals surface area contributed by atoms with Crippen molar-refractivity contribution < 1.29 is 0 Å². The van der Waals surface area contributed by atoms with E-state index in [1.807, 2.05) is 0 Å². The van der Waals surface area contributed by atoms with Gasteiger partial charge in [0.25, 0.3) is 0 Å². The van der Waals surface area contributed by atoms with E-state index >= 15 is 0 Å². The molecule has 1 aromatic carbocycles. The van der Waals surface area contributed by atoms with Gasteiger partial charge in [0.1, 0.15) is 0 Å². The summed E-state index contributed by atoms with van der Waals surface area (Å²) in [4.78, 5) is 4.39. The van der Waals surface area contributed by atoms with Crippen molar-refractivity contribution in [3.8, 4) is 0 Å². The lowest BCUT2D eigenvalue weighted by Gasteiger charge is -2.11. The number of nitrogens with zero attached hydrogens (tertiary/aromatic N) is 1. The summed E-state index contributed by atoms with van der Waals surface area (Å²) in [7, 11) is 0. The predicted octanol–water partition coefficient (Wildman–Crippen LogP) is 3.00. The molecule has 3 nitrogen and oxygen atoms in total. The summed E-state index contributed by atoms with van der Waals surface area (Å²) < 4.78 is 0. The molecule has 0 amide bonds. The van der Waals surface area contributed by atoms with Crippen LogP contribution in [0.3, 0.4) is 0 Å². The Kier molecular flexibility index (Phi) is 6.62. The average Bonchev–Trinajstić information content (AvgIpc) is 2.83. The molecule has 1 atom stereocenters. The van der Waals surface area contributed by atoms with Crippen LogP contribution >= 0.6 is 24.0 Å². The molecule has 0 bridgehead atoms. The van der Waals surface area contributed by atoms with E-state index in [9.17, 15) is 0 Å². The summed E-state index contributed by atoms with van der Waals surface area (Å²) in [6.45, 7) is 4.91. The normalized spacial score (nSPS) is 15.6. The SMILES string of the molecule is CCC(C)NC(N)=NCc1ccc2c(c1)CCC2.I. The number of hydrogen-bond acceptors (Lipinski definition) is 1. The van der Waals surface area contributed by atoms with Gasteiger partial charge in [0.15, 0.2) is 5.96 Å². The molecular formula is C15H24IN3. The fourth-order valence-electron chi connectivity index (χ4n) is 2.30. The molecule has 0 saturated heterocycles. The molecule has 1 aromatic rings. The zero-order chi connectivity index (χ0) is 13.0. The summed E-state index contributed by atoms with van der Waals surface area (Å²) in [5, 5.41) is 3.18. The van der Waals surface area contributed by atoms with Crippen molar-refractivity contribution in [2.75, 3.05) is 0 Å². The minimum atomic E-state index is 0. The van der Waals surface area contributed by atoms with Crippen LogP contribution in [0.2, 0.25) is 0 Å². The fraction of sp³-hybridized carbons (Fsp3) is 0.533. The molecule has 1 aliphatic rings. The van der Waals surface area contributed by atoms with E-state index in [1.165, 1.54) is 36.0 Å². The van der Waals surface area contributed by atoms with Crippen molar-refractivity contribution in [1.29, 1.82) is 0 Å². The van der Waals surface area contributed by atoms with Gasteiger partial charge in [-0.3, -0.25) is 0 Å². The summed E-state index contributed by atoms with van der Waals surface area (Å²) in [6, 6.07) is 7.08. The maximum absolute atomic E-state index is 5.85. The molecular weight excluding hydrogens is 349 g/mol. The molecule has 19 heavy (non-hydrogen) atoms. The Labute approximate surface area is 133 Å². The van der Waals surface area contributed by atoms with Gasteiger partial charge in [-0.2, -0.15) is 0 Å². The second-order valence-electron chi connectivity index (χ2n) is 5.11. The number of aryl methyl sites for hydroxylation is 2. The highest BCUT2D eigenvalue weighted by atomic mass is 127. The number of fused-ring (bicyclic) bond motifs is 1. The van der Waals surface area contributed by atoms with Crippen LogP contribution in [0.25, 0.3) is 0 Å². The highest BCUT2D eigenvalue weighted by Crippen LogP contribution is 2.22. The van der Waals surface area contributed by atoms with E-state index in [0.717, 1.165) is 6.42 Å². The second-order valence-corrected chi connectivity index (χ2v) is 5.11. The lowest BCUT2D eigenvalue weighted by atomic mass is 10.1. The molecule has 3 N–H and O–H groups in total. The molecule has 0 spiro atoms. The van der Waals surface area contributed by atoms with Crippen molar-refractivity contribution >= 4 is 29.9 Å². The van der Waals surface area contributed by atoms with E-state index < -0.39 is 0 Å². The van der Waals surface area contributed by atoms with Crippen LogP contribution in [-0.2, 0) is 19.4 Å². The summed E-state index contributed by atoms with van der Waals surface area (Å²) in [5.41, 5.74) is 10.1. The number of rotatable bonds is 4. The van der Waals surface area contributed by atoms with Gasteiger partial charge in [-0.1, -0.05) is 25.1 Å². The quantitative estimate of drug-likeness (QED) is 0.484. The van der Waals surface area contributed by atoms with Crippen LogP contribution in [0.1, 0.15) is 43.4 Å². The molecule has 1 aliphatic carbocycles. The van der Waals surface area contributed by atoms with E-state index in [2.05, 4.69) is 42.4 Å². The van der Waals surface area contributed by atoms with Gasteiger partial charge >= 0.3 is 0 Å². The Balaban J connectivity index is 0.00000180. The maximum atomic E-state index is 5.85. The zero-order valence-corrected chi connectivity index (χ0v) is 14.1. The Morgan fingerprint density at radius 2 is 2.11 bits per heavy atom. The molecule has 0 heterocycles. The van der Waals surface area contributed by atoms with Crippen LogP contribution in [0.15, 0.2) is 23.2 Å². The summed E-state index contributed by atoms with van der Waals surface area (Å²) >= 11 is 0. The first-order valence-electron chi connectivity index (χ1n) is 6.86. The van der Waals surface area contributed by atoms with Gasteiger partial charge in [0.2, 0.25) is 0 Å². The highest BCUT2D eigenvalue weighted by Gasteiger charge is 2.10. The number of nitrogens with two attached hydrogens (primary N) is 1. The molecule has 4 heteroatoms. The van der Waals surface area contributed by atoms with Gasteiger partial charge in [-0.05, 0) is 49.3 Å². The van der Waals surface area contributed by atoms with Crippen LogP contribution in [0.4, 0.5) is 0 Å². The van der Waals surface area contributed by atoms with Crippen molar-refractivity contribution in [2.24, 2.45) is 10.7 Å². The van der Waals surface area contributed by atoms with Gasteiger partial charge in [-0.15, -0.1) is 24.0 Å². The third kappa shape index (κ3) is 4.67. The molecule has 0 aliphatic heterocycles. The molecule has 2 rings (SSSR count). The number of guanidine groups is 1. The maximum Gasteiger partial charge on any atom is 0.189 e. The van der Waals surface area contributed by atoms with Gasteiger partial charge in [0, 0.05) is 6.04 Å². The Morgan fingerprint density at radius 1 is 1.37 bits per heavy atom. The van der Waals surface area contributed by atoms with Gasteiger partial charge < -0.3 is 11.1 Å². The predicted molar refractivity (Wildman–Crippen MR) is 92.1 cm³/mol.